The quantitative estimate of drug-likeness (QED) is 0.752. The number of benzene rings is 1. The molecule has 0 unspecified atom stereocenters. The maximum atomic E-state index is 12.2. The molecular formula is C16H15Cl2NOS. The highest BCUT2D eigenvalue weighted by atomic mass is 35.5. The largest absolute Gasteiger partial charge is 0.293 e. The Balaban J connectivity index is 1.88. The van der Waals surface area contributed by atoms with Gasteiger partial charge >= 0.3 is 0 Å². The van der Waals surface area contributed by atoms with Crippen molar-refractivity contribution in [3.05, 3.63) is 49.4 Å². The van der Waals surface area contributed by atoms with E-state index in [2.05, 4.69) is 18.8 Å². The number of fused-ring (bicyclic) bond motifs is 1. The smallest absolute Gasteiger partial charge is 0.175 e. The van der Waals surface area contributed by atoms with E-state index in [9.17, 15) is 4.79 Å². The van der Waals surface area contributed by atoms with Crippen LogP contribution in [0, 0.1) is 5.41 Å². The van der Waals surface area contributed by atoms with Crippen LogP contribution in [0.15, 0.2) is 18.2 Å². The lowest BCUT2D eigenvalue weighted by molar-refractivity contribution is 0.0916. The minimum atomic E-state index is 0.0129. The van der Waals surface area contributed by atoms with E-state index in [-0.39, 0.29) is 11.2 Å². The van der Waals surface area contributed by atoms with Gasteiger partial charge in [-0.05, 0) is 29.5 Å². The van der Waals surface area contributed by atoms with Crippen LogP contribution in [-0.4, -0.2) is 10.8 Å². The van der Waals surface area contributed by atoms with Crippen LogP contribution >= 0.6 is 34.5 Å². The molecule has 0 saturated heterocycles. The van der Waals surface area contributed by atoms with E-state index in [0.717, 1.165) is 27.6 Å². The summed E-state index contributed by atoms with van der Waals surface area (Å²) in [6, 6.07) is 5.59. The van der Waals surface area contributed by atoms with Crippen molar-refractivity contribution in [2.75, 3.05) is 0 Å². The van der Waals surface area contributed by atoms with Crippen LogP contribution in [0.3, 0.4) is 0 Å². The predicted molar refractivity (Wildman–Crippen MR) is 87.8 cm³/mol. The molecule has 1 aromatic heterocycles. The molecular weight excluding hydrogens is 325 g/mol. The zero-order valence-corrected chi connectivity index (χ0v) is 14.2. The van der Waals surface area contributed by atoms with Crippen molar-refractivity contribution in [1.29, 1.82) is 0 Å². The molecule has 21 heavy (non-hydrogen) atoms. The summed E-state index contributed by atoms with van der Waals surface area (Å²) < 4.78 is 0. The summed E-state index contributed by atoms with van der Waals surface area (Å²) in [4.78, 5) is 17.7. The standard InChI is InChI=1S/C16H15Cl2NOS/c1-16(2)7-12-15(13(20)8-16)21-14(19-12)6-9-3-4-10(17)11(18)5-9/h3-5H,6-8H2,1-2H3. The molecule has 0 spiro atoms. The first kappa shape index (κ1) is 15.0. The zero-order chi connectivity index (χ0) is 15.2. The molecule has 0 radical (unpaired) electrons. The van der Waals surface area contributed by atoms with Gasteiger partial charge in [0, 0.05) is 12.8 Å². The number of rotatable bonds is 2. The third-order valence-electron chi connectivity index (χ3n) is 3.62. The van der Waals surface area contributed by atoms with Gasteiger partial charge < -0.3 is 0 Å². The van der Waals surface area contributed by atoms with E-state index in [1.807, 2.05) is 12.1 Å². The van der Waals surface area contributed by atoms with Crippen LogP contribution < -0.4 is 0 Å². The number of ketones is 1. The van der Waals surface area contributed by atoms with Crippen molar-refractivity contribution < 1.29 is 4.79 Å². The Morgan fingerprint density at radius 1 is 1.24 bits per heavy atom. The monoisotopic (exact) mass is 339 g/mol. The molecule has 1 aliphatic rings. The minimum absolute atomic E-state index is 0.0129. The lowest BCUT2D eigenvalue weighted by atomic mass is 9.78. The van der Waals surface area contributed by atoms with Crippen LogP contribution in [0.1, 0.15) is 46.2 Å². The highest BCUT2D eigenvalue weighted by molar-refractivity contribution is 7.13. The maximum Gasteiger partial charge on any atom is 0.175 e. The first-order chi connectivity index (χ1) is 9.84. The number of nitrogens with zero attached hydrogens (tertiary/aromatic N) is 1. The van der Waals surface area contributed by atoms with Crippen LogP contribution in [0.5, 0.6) is 0 Å². The summed E-state index contributed by atoms with van der Waals surface area (Å²) in [6.45, 7) is 4.23. The van der Waals surface area contributed by atoms with Crippen LogP contribution in [0.25, 0.3) is 0 Å². The second-order valence-corrected chi connectivity index (χ2v) is 8.15. The van der Waals surface area contributed by atoms with Crippen LogP contribution in [0.4, 0.5) is 0 Å². The van der Waals surface area contributed by atoms with Gasteiger partial charge in [0.05, 0.1) is 25.6 Å². The molecule has 0 amide bonds. The van der Waals surface area contributed by atoms with E-state index < -0.39 is 0 Å². The molecule has 5 heteroatoms. The minimum Gasteiger partial charge on any atom is -0.293 e. The summed E-state index contributed by atoms with van der Waals surface area (Å²) in [5, 5.41) is 2.06. The Kier molecular flexibility index (Phi) is 3.85. The summed E-state index contributed by atoms with van der Waals surface area (Å²) in [5.41, 5.74) is 2.03. The summed E-state index contributed by atoms with van der Waals surface area (Å²) in [5.74, 6) is 0.221. The maximum absolute atomic E-state index is 12.2. The number of hydrogen-bond acceptors (Lipinski definition) is 3. The molecule has 1 heterocycles. The fourth-order valence-corrected chi connectivity index (χ4v) is 4.04. The number of thiazole rings is 1. The number of carbonyl (C=O) groups excluding carboxylic acids is 1. The van der Waals surface area contributed by atoms with Gasteiger partial charge in [-0.3, -0.25) is 4.79 Å². The second-order valence-electron chi connectivity index (χ2n) is 6.25. The zero-order valence-electron chi connectivity index (χ0n) is 11.9. The van der Waals surface area contributed by atoms with Gasteiger partial charge in [-0.25, -0.2) is 4.98 Å². The van der Waals surface area contributed by atoms with Crippen molar-refractivity contribution in [3.63, 3.8) is 0 Å². The number of carbonyl (C=O) groups is 1. The first-order valence-electron chi connectivity index (χ1n) is 6.80. The van der Waals surface area contributed by atoms with Crippen LogP contribution in [-0.2, 0) is 12.8 Å². The molecule has 0 saturated carbocycles. The van der Waals surface area contributed by atoms with Gasteiger partial charge in [0.25, 0.3) is 0 Å². The molecule has 0 aliphatic heterocycles. The van der Waals surface area contributed by atoms with Gasteiger partial charge in [0.15, 0.2) is 5.78 Å². The Morgan fingerprint density at radius 2 is 2.00 bits per heavy atom. The van der Waals surface area contributed by atoms with E-state index in [1.54, 1.807) is 6.07 Å². The number of Topliss-reactive ketones (excluding diaryl/α,β-unsaturated/α-hetero) is 1. The summed E-state index contributed by atoms with van der Waals surface area (Å²) in [7, 11) is 0. The highest BCUT2D eigenvalue weighted by Gasteiger charge is 2.33. The van der Waals surface area contributed by atoms with E-state index in [0.29, 0.717) is 22.9 Å². The van der Waals surface area contributed by atoms with Crippen molar-refractivity contribution in [2.24, 2.45) is 5.41 Å². The molecule has 0 fully saturated rings. The SMILES string of the molecule is CC1(C)CC(=O)c2sc(Cc3ccc(Cl)c(Cl)c3)nc2C1. The third kappa shape index (κ3) is 3.15. The van der Waals surface area contributed by atoms with Gasteiger partial charge in [0.2, 0.25) is 0 Å². The van der Waals surface area contributed by atoms with Gasteiger partial charge in [-0.15, -0.1) is 11.3 Å². The molecule has 0 bridgehead atoms. The Labute approximate surface area is 138 Å². The second kappa shape index (κ2) is 5.38. The fraction of sp³-hybridized carbons (Fsp3) is 0.375. The van der Waals surface area contributed by atoms with Crippen molar-refractivity contribution in [1.82, 2.24) is 4.98 Å². The predicted octanol–water partition coefficient (Wildman–Crippen LogP) is 5.20. The number of halogens is 2. The third-order valence-corrected chi connectivity index (χ3v) is 5.50. The Morgan fingerprint density at radius 3 is 2.71 bits per heavy atom. The molecule has 0 N–H and O–H groups in total. The molecule has 2 aromatic rings. The normalized spacial score (nSPS) is 16.9. The highest BCUT2D eigenvalue weighted by Crippen LogP contribution is 2.37. The molecule has 0 atom stereocenters. The van der Waals surface area contributed by atoms with Crippen LogP contribution in [0.2, 0.25) is 10.0 Å². The Hall–Kier alpha value is -0.900. The molecule has 2 nitrogen and oxygen atoms in total. The lowest BCUT2D eigenvalue weighted by Gasteiger charge is -2.26. The van der Waals surface area contributed by atoms with E-state index in [4.69, 9.17) is 23.2 Å². The van der Waals surface area contributed by atoms with E-state index in [1.165, 1.54) is 11.3 Å². The summed E-state index contributed by atoms with van der Waals surface area (Å²) >= 11 is 13.5. The van der Waals surface area contributed by atoms with Crippen molar-refractivity contribution in [3.8, 4) is 0 Å². The van der Waals surface area contributed by atoms with Gasteiger partial charge in [-0.1, -0.05) is 43.1 Å². The summed E-state index contributed by atoms with van der Waals surface area (Å²) in [6.07, 6.45) is 2.16. The number of aromatic nitrogens is 1. The first-order valence-corrected chi connectivity index (χ1v) is 8.37. The topological polar surface area (TPSA) is 30.0 Å². The average molecular weight is 340 g/mol. The van der Waals surface area contributed by atoms with Crippen molar-refractivity contribution >= 4 is 40.3 Å². The Bertz CT molecular complexity index is 721. The van der Waals surface area contributed by atoms with Crippen molar-refractivity contribution in [2.45, 2.75) is 33.1 Å². The van der Waals surface area contributed by atoms with E-state index >= 15 is 0 Å². The average Bonchev–Trinajstić information content (AvgIpc) is 2.75. The molecule has 1 aromatic carbocycles. The van der Waals surface area contributed by atoms with Gasteiger partial charge in [0.1, 0.15) is 0 Å². The molecule has 1 aliphatic carbocycles. The molecule has 110 valence electrons. The van der Waals surface area contributed by atoms with Gasteiger partial charge in [-0.2, -0.15) is 0 Å². The lowest BCUT2D eigenvalue weighted by Crippen LogP contribution is -2.26. The molecule has 3 rings (SSSR count). The fourth-order valence-electron chi connectivity index (χ4n) is 2.67. The number of hydrogen-bond donors (Lipinski definition) is 0.